The lowest BCUT2D eigenvalue weighted by Gasteiger charge is -2.31. The second-order valence-electron chi connectivity index (χ2n) is 26.7. The van der Waals surface area contributed by atoms with E-state index in [1.54, 1.807) is 78.1 Å². The molecule has 7 N–H and O–H groups in total. The molecule has 6 aliphatic rings. The van der Waals surface area contributed by atoms with Gasteiger partial charge in [0.05, 0.1) is 94.5 Å². The van der Waals surface area contributed by atoms with Crippen LogP contribution in [0.5, 0.6) is 28.7 Å². The van der Waals surface area contributed by atoms with E-state index in [9.17, 15) is 48.3 Å². The minimum Gasteiger partial charge on any atom is -0.497 e. The number of amides is 9. The summed E-state index contributed by atoms with van der Waals surface area (Å²) < 4.78 is 35.2. The summed E-state index contributed by atoms with van der Waals surface area (Å²) in [7, 11) is 4.56. The molecule has 1 aliphatic carbocycles. The molecule has 1 unspecified atom stereocenters. The van der Waals surface area contributed by atoms with Gasteiger partial charge in [-0.05, 0) is 121 Å². The predicted octanol–water partition coefficient (Wildman–Crippen LogP) is 7.25. The number of nitrogens with zero attached hydrogens (tertiary/aromatic N) is 4. The lowest BCUT2D eigenvalue weighted by atomic mass is 10.0. The molecule has 0 radical (unpaired) electrons. The van der Waals surface area contributed by atoms with Crippen molar-refractivity contribution in [3.8, 4) is 40.6 Å². The number of anilines is 4. The van der Waals surface area contributed by atoms with Gasteiger partial charge in [-0.15, -0.1) is 0 Å². The van der Waals surface area contributed by atoms with Gasteiger partial charge < -0.3 is 80.1 Å². The lowest BCUT2D eigenvalue weighted by Crippen LogP contribution is -2.55. The zero-order valence-corrected chi connectivity index (χ0v) is 58.1. The SMILES string of the molecule is COc1ccc(C2=CN3C(=O)c4cc(OC)c(OCCCOc5cc6c(cc5OC)C(=O)N5CC7(CC7)C[C@H]5C(O)N6C(=O)OCc5ccc(NC(=O)[C@H](C)NC(=O)[C@@H](NC(=O)CNC(=O)CNC(=O)CCC(=O)N6Cc7ccccc7C#Cc7ccccc76)C(C)C)cc5)cc4NC[C@@H]3C2)cc1. The molecule has 26 nitrogen and oxygen atoms in total. The van der Waals surface area contributed by atoms with E-state index in [4.69, 9.17) is 28.4 Å². The van der Waals surface area contributed by atoms with E-state index in [1.807, 2.05) is 72.9 Å². The van der Waals surface area contributed by atoms with Crippen LogP contribution in [-0.2, 0) is 46.7 Å². The van der Waals surface area contributed by atoms with Crippen molar-refractivity contribution >= 4 is 81.7 Å². The maximum Gasteiger partial charge on any atom is 0.416 e. The van der Waals surface area contributed by atoms with Gasteiger partial charge in [-0.25, -0.2) is 9.69 Å². The number of benzene rings is 6. The zero-order chi connectivity index (χ0) is 72.6. The van der Waals surface area contributed by atoms with E-state index < -0.39 is 79.0 Å². The van der Waals surface area contributed by atoms with Gasteiger partial charge >= 0.3 is 6.09 Å². The lowest BCUT2D eigenvalue weighted by molar-refractivity contribution is -0.132. The third-order valence-electron chi connectivity index (χ3n) is 19.3. The topological polar surface area (TPSA) is 314 Å². The smallest absolute Gasteiger partial charge is 0.416 e. The first-order valence-electron chi connectivity index (χ1n) is 34.3. The Bertz CT molecular complexity index is 4390. The molecule has 103 heavy (non-hydrogen) atoms. The van der Waals surface area contributed by atoms with E-state index in [1.165, 1.54) is 33.3 Å². The minimum absolute atomic E-state index is 0.0570. The number of carbonyl (C=O) groups is 9. The van der Waals surface area contributed by atoms with Crippen molar-refractivity contribution in [2.45, 2.75) is 109 Å². The Hall–Kier alpha value is -11.6. The van der Waals surface area contributed by atoms with Crippen LogP contribution in [0, 0.1) is 23.2 Å². The zero-order valence-electron chi connectivity index (χ0n) is 58.1. The molecule has 5 heterocycles. The molecular formula is C77H82N10O16. The van der Waals surface area contributed by atoms with Crippen molar-refractivity contribution in [1.82, 2.24) is 31.1 Å². The fourth-order valence-corrected chi connectivity index (χ4v) is 13.4. The van der Waals surface area contributed by atoms with Gasteiger partial charge in [-0.2, -0.15) is 0 Å². The van der Waals surface area contributed by atoms with Gasteiger partial charge in [-0.3, -0.25) is 38.4 Å². The number of ether oxygens (including phenoxy) is 6. The maximum absolute atomic E-state index is 14.5. The predicted molar refractivity (Wildman–Crippen MR) is 380 cm³/mol. The van der Waals surface area contributed by atoms with Crippen LogP contribution < -0.4 is 65.4 Å². The summed E-state index contributed by atoms with van der Waals surface area (Å²) in [6.45, 7) is 5.02. The van der Waals surface area contributed by atoms with Crippen LogP contribution >= 0.6 is 0 Å². The Morgan fingerprint density at radius 2 is 1.36 bits per heavy atom. The number of fused-ring (bicyclic) bond motifs is 6. The molecule has 5 aliphatic heterocycles. The molecule has 2 fully saturated rings. The molecule has 5 atom stereocenters. The molecule has 0 bridgehead atoms. The number of hydrogen-bond donors (Lipinski definition) is 7. The first-order chi connectivity index (χ1) is 49.7. The van der Waals surface area contributed by atoms with Gasteiger partial charge in [0.1, 0.15) is 24.4 Å². The largest absolute Gasteiger partial charge is 0.497 e. The summed E-state index contributed by atoms with van der Waals surface area (Å²) in [6, 6.07) is 32.3. The molecular weight excluding hydrogens is 1320 g/mol. The summed E-state index contributed by atoms with van der Waals surface area (Å²) in [5.74, 6) is 3.77. The molecule has 12 rings (SSSR count). The molecule has 6 aromatic carbocycles. The minimum atomic E-state index is -1.50. The third kappa shape index (κ3) is 16.1. The number of methoxy groups -OCH3 is 3. The molecule has 0 aromatic heterocycles. The van der Waals surface area contributed by atoms with Crippen molar-refractivity contribution in [3.05, 3.63) is 166 Å². The highest BCUT2D eigenvalue weighted by atomic mass is 16.6. The molecule has 1 saturated heterocycles. The first-order valence-corrected chi connectivity index (χ1v) is 34.3. The molecule has 6 aromatic rings. The van der Waals surface area contributed by atoms with Crippen LogP contribution in [0.3, 0.4) is 0 Å². The Morgan fingerprint density at radius 1 is 0.689 bits per heavy atom. The molecule has 536 valence electrons. The second kappa shape index (κ2) is 31.1. The number of nitrogens with one attached hydrogen (secondary N) is 6. The Morgan fingerprint density at radius 3 is 2.07 bits per heavy atom. The van der Waals surface area contributed by atoms with Gasteiger partial charge in [0, 0.05) is 67.5 Å². The van der Waals surface area contributed by atoms with E-state index in [2.05, 4.69) is 43.7 Å². The second-order valence-corrected chi connectivity index (χ2v) is 26.7. The quantitative estimate of drug-likeness (QED) is 0.0219. The van der Waals surface area contributed by atoms with Crippen LogP contribution in [0.25, 0.3) is 5.57 Å². The van der Waals surface area contributed by atoms with Crippen molar-refractivity contribution < 1.29 is 76.7 Å². The van der Waals surface area contributed by atoms with Crippen LogP contribution in [0.2, 0.25) is 0 Å². The fourth-order valence-electron chi connectivity index (χ4n) is 13.4. The van der Waals surface area contributed by atoms with E-state index in [0.29, 0.717) is 77.6 Å². The van der Waals surface area contributed by atoms with Crippen molar-refractivity contribution in [2.75, 3.05) is 81.2 Å². The van der Waals surface area contributed by atoms with E-state index in [0.717, 1.165) is 45.8 Å². The number of aliphatic hydroxyl groups excluding tert-OH is 1. The highest BCUT2D eigenvalue weighted by Crippen LogP contribution is 2.57. The number of hydrogen-bond acceptors (Lipinski definition) is 17. The van der Waals surface area contributed by atoms with Gasteiger partial charge in [0.2, 0.25) is 35.4 Å². The van der Waals surface area contributed by atoms with Crippen LogP contribution in [-0.4, -0.2) is 159 Å². The standard InChI is InChI=1S/C77H82N10O16/c1-45(2)70(83-68(90)40-80-67(89)39-79-66(88)26-27-69(91)85-41-51-14-8-7-12-48(51)18-19-50-13-9-10-15-59(50)85)72(93)81-46(3)71(92)82-53-22-16-47(17-23-53)43-103-76(97)87-60-36-65(63(100-6)34-57(60)74(95)86-44-77(28-29-77)37-61(86)75(87)96)102-31-11-30-101-64-35-58-56(33-62(64)99-5)73(94)84-42-52(32-54(84)38-78-58)49-20-24-55(98-4)25-21-49/h7-10,12-17,20-25,33-36,42,45-46,54,61,70,75,78,96H,11,26-32,37-41,43-44H2,1-6H3,(H,79,88)(H,80,89)(H,81,93)(H,82,92)(H,83,90)/t46-,54-,61-,70-,75?/m0/s1. The molecule has 1 saturated carbocycles. The Balaban J connectivity index is 0.606. The molecule has 9 amide bonds. The summed E-state index contributed by atoms with van der Waals surface area (Å²) in [6.07, 6.45) is 2.40. The summed E-state index contributed by atoms with van der Waals surface area (Å²) in [5.41, 5.74) is 6.94. The van der Waals surface area contributed by atoms with Gasteiger partial charge in [0.25, 0.3) is 11.8 Å². The number of aliphatic hydroxyl groups is 1. The van der Waals surface area contributed by atoms with Gasteiger partial charge in [0.15, 0.2) is 29.2 Å². The van der Waals surface area contributed by atoms with E-state index in [-0.39, 0.29) is 91.1 Å². The number of rotatable bonds is 25. The third-order valence-corrected chi connectivity index (χ3v) is 19.3. The van der Waals surface area contributed by atoms with Crippen LogP contribution in [0.1, 0.15) is 114 Å². The maximum atomic E-state index is 14.5. The van der Waals surface area contributed by atoms with Crippen molar-refractivity contribution in [1.29, 1.82) is 0 Å². The Kier molecular flexibility index (Phi) is 21.5. The summed E-state index contributed by atoms with van der Waals surface area (Å²) in [4.78, 5) is 128. The monoisotopic (exact) mass is 1400 g/mol. The average molecular weight is 1400 g/mol. The first kappa shape index (κ1) is 71.2. The van der Waals surface area contributed by atoms with E-state index >= 15 is 0 Å². The number of carbonyl (C=O) groups excluding carboxylic acids is 9. The summed E-state index contributed by atoms with van der Waals surface area (Å²) >= 11 is 0. The Labute approximate surface area is 595 Å². The van der Waals surface area contributed by atoms with Crippen molar-refractivity contribution in [2.24, 2.45) is 11.3 Å². The average Bonchev–Trinajstić information content (AvgIpc) is 1.57. The summed E-state index contributed by atoms with van der Waals surface area (Å²) in [5, 5.41) is 28.5. The molecule has 1 spiro atoms. The molecule has 26 heteroatoms. The van der Waals surface area contributed by atoms with Gasteiger partial charge in [-0.1, -0.05) is 80.3 Å². The highest BCUT2D eigenvalue weighted by molar-refractivity contribution is 6.07. The van der Waals surface area contributed by atoms with Crippen LogP contribution in [0.15, 0.2) is 128 Å². The normalized spacial score (nSPS) is 17.7. The van der Waals surface area contributed by atoms with Crippen LogP contribution in [0.4, 0.5) is 27.5 Å². The van der Waals surface area contributed by atoms with Crippen molar-refractivity contribution in [3.63, 3.8) is 0 Å². The highest BCUT2D eigenvalue weighted by Gasteiger charge is 2.58. The number of para-hydroxylation sites is 1. The fraction of sp³-hybridized carbons (Fsp3) is 0.364.